The van der Waals surface area contributed by atoms with Crippen LogP contribution in [0.3, 0.4) is 0 Å². The molecule has 2 N–H and O–H groups in total. The van der Waals surface area contributed by atoms with Crippen LogP contribution < -0.4 is 5.32 Å². The normalized spacial score (nSPS) is 23.1. The van der Waals surface area contributed by atoms with E-state index >= 15 is 0 Å². The number of carbonyl (C=O) groups is 1. The Hall–Kier alpha value is -1.42. The first-order valence-electron chi connectivity index (χ1n) is 6.80. The molecule has 0 saturated heterocycles. The molecule has 1 aliphatic rings. The zero-order valence-corrected chi connectivity index (χ0v) is 11.2. The van der Waals surface area contributed by atoms with Gasteiger partial charge < -0.3 is 10.4 Å². The largest absolute Gasteiger partial charge is 0.396 e. The van der Waals surface area contributed by atoms with Crippen molar-refractivity contribution < 1.29 is 14.3 Å². The first kappa shape index (κ1) is 14.0. The Morgan fingerprint density at radius 1 is 1.42 bits per heavy atom. The van der Waals surface area contributed by atoms with Gasteiger partial charge in [0.15, 0.2) is 0 Å². The Bertz CT molecular complexity index is 461. The number of hydrogen-bond donors (Lipinski definition) is 2. The maximum absolute atomic E-state index is 13.9. The van der Waals surface area contributed by atoms with E-state index in [0.717, 1.165) is 25.7 Å². The van der Waals surface area contributed by atoms with Crippen LogP contribution in [0.15, 0.2) is 18.2 Å². The fraction of sp³-hybridized carbons (Fsp3) is 0.533. The molecule has 2 atom stereocenters. The number of nitrogens with one attached hydrogen (secondary N) is 1. The molecule has 1 aromatic rings. The Morgan fingerprint density at radius 3 is 2.89 bits per heavy atom. The van der Waals surface area contributed by atoms with Gasteiger partial charge in [-0.15, -0.1) is 0 Å². The maximum Gasteiger partial charge on any atom is 0.254 e. The highest BCUT2D eigenvalue weighted by molar-refractivity contribution is 5.94. The second-order valence-corrected chi connectivity index (χ2v) is 5.24. The molecule has 1 aliphatic carbocycles. The lowest BCUT2D eigenvalue weighted by atomic mass is 9.85. The van der Waals surface area contributed by atoms with Gasteiger partial charge in [0.25, 0.3) is 5.91 Å². The van der Waals surface area contributed by atoms with Crippen LogP contribution in [-0.4, -0.2) is 23.7 Å². The highest BCUT2D eigenvalue weighted by Crippen LogP contribution is 2.24. The Kier molecular flexibility index (Phi) is 4.53. The number of aliphatic hydroxyl groups excluding tert-OH is 1. The molecular weight excluding hydrogens is 245 g/mol. The maximum atomic E-state index is 13.9. The smallest absolute Gasteiger partial charge is 0.254 e. The van der Waals surface area contributed by atoms with E-state index in [2.05, 4.69) is 5.32 Å². The summed E-state index contributed by atoms with van der Waals surface area (Å²) in [5.74, 6) is -0.756. The fourth-order valence-electron chi connectivity index (χ4n) is 2.69. The van der Waals surface area contributed by atoms with Crippen LogP contribution >= 0.6 is 0 Å². The minimum atomic E-state index is -0.462. The number of hydrogen-bond acceptors (Lipinski definition) is 2. The number of halogens is 1. The van der Waals surface area contributed by atoms with Gasteiger partial charge in [0.05, 0.1) is 5.56 Å². The summed E-state index contributed by atoms with van der Waals surface area (Å²) in [6.45, 7) is 1.71. The molecule has 0 bridgehead atoms. The standard InChI is InChI=1S/C15H20FNO2/c1-10-5-4-7-12(14(10)16)15(19)17-13-8-3-2-6-11(13)9-18/h4-5,7,11,13,18H,2-3,6,8-9H2,1H3,(H,17,19). The monoisotopic (exact) mass is 265 g/mol. The molecule has 3 nitrogen and oxygen atoms in total. The molecule has 0 aliphatic heterocycles. The van der Waals surface area contributed by atoms with Crippen LogP contribution in [0.25, 0.3) is 0 Å². The van der Waals surface area contributed by atoms with Crippen LogP contribution in [0.5, 0.6) is 0 Å². The van der Waals surface area contributed by atoms with Crippen LogP contribution in [-0.2, 0) is 0 Å². The van der Waals surface area contributed by atoms with Gasteiger partial charge in [-0.1, -0.05) is 25.0 Å². The topological polar surface area (TPSA) is 49.3 Å². The molecule has 0 spiro atoms. The van der Waals surface area contributed by atoms with Crippen LogP contribution in [0.4, 0.5) is 4.39 Å². The number of amides is 1. The Balaban J connectivity index is 2.09. The lowest BCUT2D eigenvalue weighted by molar-refractivity contribution is 0.0868. The number of carbonyl (C=O) groups excluding carboxylic acids is 1. The molecule has 104 valence electrons. The van der Waals surface area contributed by atoms with Crippen molar-refractivity contribution in [3.63, 3.8) is 0 Å². The Morgan fingerprint density at radius 2 is 2.16 bits per heavy atom. The molecule has 2 rings (SSSR count). The van der Waals surface area contributed by atoms with Crippen molar-refractivity contribution in [1.29, 1.82) is 0 Å². The Labute approximate surface area is 112 Å². The highest BCUT2D eigenvalue weighted by atomic mass is 19.1. The fourth-order valence-corrected chi connectivity index (χ4v) is 2.69. The molecule has 4 heteroatoms. The van der Waals surface area contributed by atoms with E-state index in [1.54, 1.807) is 19.1 Å². The van der Waals surface area contributed by atoms with Crippen molar-refractivity contribution >= 4 is 5.91 Å². The molecule has 0 radical (unpaired) electrons. The van der Waals surface area contributed by atoms with Gasteiger partial charge in [0.2, 0.25) is 0 Å². The zero-order chi connectivity index (χ0) is 13.8. The summed E-state index contributed by atoms with van der Waals surface area (Å²) in [7, 11) is 0. The van der Waals surface area contributed by atoms with E-state index in [4.69, 9.17) is 0 Å². The summed E-state index contributed by atoms with van der Waals surface area (Å²) < 4.78 is 13.9. The second-order valence-electron chi connectivity index (χ2n) is 5.24. The molecule has 0 heterocycles. The number of aryl methyl sites for hydroxylation is 1. The average molecular weight is 265 g/mol. The number of aliphatic hydroxyl groups is 1. The summed E-state index contributed by atoms with van der Waals surface area (Å²) >= 11 is 0. The van der Waals surface area contributed by atoms with Crippen molar-refractivity contribution in [2.24, 2.45) is 5.92 Å². The third-order valence-corrected chi connectivity index (χ3v) is 3.90. The quantitative estimate of drug-likeness (QED) is 0.881. The van der Waals surface area contributed by atoms with Gasteiger partial charge in [0.1, 0.15) is 5.82 Å². The third kappa shape index (κ3) is 3.13. The zero-order valence-electron chi connectivity index (χ0n) is 11.2. The summed E-state index contributed by atoms with van der Waals surface area (Å²) in [5, 5.41) is 12.2. The predicted molar refractivity (Wildman–Crippen MR) is 71.4 cm³/mol. The SMILES string of the molecule is Cc1cccc(C(=O)NC2CCCCC2CO)c1F. The molecule has 1 amide bonds. The molecule has 19 heavy (non-hydrogen) atoms. The van der Waals surface area contributed by atoms with Gasteiger partial charge in [-0.05, 0) is 31.4 Å². The molecule has 0 aromatic heterocycles. The minimum absolute atomic E-state index is 0.0498. The van der Waals surface area contributed by atoms with Crippen molar-refractivity contribution in [1.82, 2.24) is 5.32 Å². The first-order valence-corrected chi connectivity index (χ1v) is 6.80. The summed E-state index contributed by atoms with van der Waals surface area (Å²) in [6.07, 6.45) is 3.89. The van der Waals surface area contributed by atoms with E-state index < -0.39 is 5.82 Å². The molecule has 2 unspecified atom stereocenters. The number of rotatable bonds is 3. The predicted octanol–water partition coefficient (Wildman–Crippen LogP) is 2.42. The summed E-state index contributed by atoms with van der Waals surface area (Å²) in [6, 6.07) is 4.77. The lowest BCUT2D eigenvalue weighted by Gasteiger charge is -2.30. The third-order valence-electron chi connectivity index (χ3n) is 3.90. The van der Waals surface area contributed by atoms with Gasteiger partial charge in [0, 0.05) is 18.6 Å². The van der Waals surface area contributed by atoms with E-state index in [-0.39, 0.29) is 30.0 Å². The number of benzene rings is 1. The van der Waals surface area contributed by atoms with Crippen molar-refractivity contribution in [3.8, 4) is 0 Å². The molecule has 1 fully saturated rings. The van der Waals surface area contributed by atoms with Gasteiger partial charge in [-0.25, -0.2) is 4.39 Å². The summed E-state index contributed by atoms with van der Waals surface area (Å²) in [5.41, 5.74) is 0.553. The molecular formula is C15H20FNO2. The lowest BCUT2D eigenvalue weighted by Crippen LogP contribution is -2.43. The van der Waals surface area contributed by atoms with Crippen molar-refractivity contribution in [3.05, 3.63) is 35.1 Å². The van der Waals surface area contributed by atoms with E-state index in [1.165, 1.54) is 6.07 Å². The van der Waals surface area contributed by atoms with Crippen LogP contribution in [0, 0.1) is 18.7 Å². The van der Waals surface area contributed by atoms with Gasteiger partial charge >= 0.3 is 0 Å². The van der Waals surface area contributed by atoms with Crippen molar-refractivity contribution in [2.45, 2.75) is 38.6 Å². The van der Waals surface area contributed by atoms with Crippen LogP contribution in [0.2, 0.25) is 0 Å². The highest BCUT2D eigenvalue weighted by Gasteiger charge is 2.26. The molecule has 1 aromatic carbocycles. The second kappa shape index (κ2) is 6.15. The van der Waals surface area contributed by atoms with E-state index in [9.17, 15) is 14.3 Å². The van der Waals surface area contributed by atoms with Gasteiger partial charge in [-0.2, -0.15) is 0 Å². The summed E-state index contributed by atoms with van der Waals surface area (Å²) in [4.78, 5) is 12.1. The van der Waals surface area contributed by atoms with E-state index in [1.807, 2.05) is 0 Å². The first-order chi connectivity index (χ1) is 9.13. The van der Waals surface area contributed by atoms with Crippen molar-refractivity contribution in [2.75, 3.05) is 6.61 Å². The molecule has 1 saturated carbocycles. The van der Waals surface area contributed by atoms with Crippen LogP contribution in [0.1, 0.15) is 41.6 Å². The minimum Gasteiger partial charge on any atom is -0.396 e. The average Bonchev–Trinajstić information content (AvgIpc) is 2.42. The van der Waals surface area contributed by atoms with E-state index in [0.29, 0.717) is 5.56 Å². The van der Waals surface area contributed by atoms with Gasteiger partial charge in [-0.3, -0.25) is 4.79 Å².